The first-order valence-electron chi connectivity index (χ1n) is 15.4. The molecule has 0 unspecified atom stereocenters. The second-order valence-electron chi connectivity index (χ2n) is 9.87. The van der Waals surface area contributed by atoms with Crippen LogP contribution in [-0.4, -0.2) is 84.0 Å². The fraction of sp³-hybridized carbons (Fsp3) is 0.900. The molecule has 229 valence electrons. The van der Waals surface area contributed by atoms with Crippen LogP contribution in [0.3, 0.4) is 0 Å². The molecule has 2 N–H and O–H groups in total. The first-order chi connectivity index (χ1) is 19.2. The number of hydrogen-bond acceptors (Lipinski definition) is 7. The summed E-state index contributed by atoms with van der Waals surface area (Å²) < 4.78 is 20.8. The average Bonchev–Trinajstić information content (AvgIpc) is 2.93. The Balaban J connectivity index is 3.24. The summed E-state index contributed by atoms with van der Waals surface area (Å²) in [6, 6.07) is 0. The predicted molar refractivity (Wildman–Crippen MR) is 155 cm³/mol. The summed E-state index contributed by atoms with van der Waals surface area (Å²) in [4.78, 5) is 33.5. The fourth-order valence-electron chi connectivity index (χ4n) is 4.04. The zero-order valence-corrected chi connectivity index (χ0v) is 24.7. The Bertz CT molecular complexity index is 549. The molecule has 0 aliphatic carbocycles. The quantitative estimate of drug-likeness (QED) is 0.116. The molecule has 1 radical (unpaired) electrons. The molecule has 0 heterocycles. The molecule has 0 aromatic rings. The maximum atomic E-state index is 11.9. The van der Waals surface area contributed by atoms with Crippen molar-refractivity contribution >= 4 is 18.1 Å². The molecule has 39 heavy (non-hydrogen) atoms. The van der Waals surface area contributed by atoms with Crippen molar-refractivity contribution in [1.29, 1.82) is 0 Å². The normalized spacial score (nSPS) is 11.0. The van der Waals surface area contributed by atoms with Gasteiger partial charge >= 0.3 is 0 Å². The molecule has 0 saturated carbocycles. The van der Waals surface area contributed by atoms with E-state index in [-0.39, 0.29) is 25.0 Å². The van der Waals surface area contributed by atoms with Crippen molar-refractivity contribution in [3.05, 3.63) is 0 Å². The number of hydrogen-bond donors (Lipinski definition) is 2. The molecule has 0 aromatic heterocycles. The lowest BCUT2D eigenvalue weighted by molar-refractivity contribution is -0.126. The zero-order valence-electron chi connectivity index (χ0n) is 24.7. The summed E-state index contributed by atoms with van der Waals surface area (Å²) in [7, 11) is 0. The summed E-state index contributed by atoms with van der Waals surface area (Å²) in [5.41, 5.74) is 0. The Morgan fingerprint density at radius 2 is 0.974 bits per heavy atom. The molecule has 0 aliphatic heterocycles. The second kappa shape index (κ2) is 32.7. The third-order valence-electron chi connectivity index (χ3n) is 6.28. The third kappa shape index (κ3) is 32.6. The van der Waals surface area contributed by atoms with Crippen LogP contribution in [0.5, 0.6) is 0 Å². The third-order valence-corrected chi connectivity index (χ3v) is 6.28. The van der Waals surface area contributed by atoms with Crippen LogP contribution < -0.4 is 10.6 Å². The summed E-state index contributed by atoms with van der Waals surface area (Å²) in [5.74, 6) is -0.145. The Labute approximate surface area is 237 Å². The van der Waals surface area contributed by atoms with Gasteiger partial charge in [0.15, 0.2) is 0 Å². The van der Waals surface area contributed by atoms with Crippen molar-refractivity contribution in [3.63, 3.8) is 0 Å². The van der Waals surface area contributed by atoms with E-state index in [1.165, 1.54) is 83.5 Å². The predicted octanol–water partition coefficient (Wildman–Crippen LogP) is 4.66. The van der Waals surface area contributed by atoms with Gasteiger partial charge in [0.1, 0.15) is 13.2 Å². The first kappa shape index (κ1) is 37.5. The van der Waals surface area contributed by atoms with Gasteiger partial charge in [-0.2, -0.15) is 0 Å². The van der Waals surface area contributed by atoms with E-state index in [1.54, 1.807) is 6.29 Å². The van der Waals surface area contributed by atoms with Gasteiger partial charge in [0, 0.05) is 19.5 Å². The molecule has 0 bridgehead atoms. The SMILES string of the molecule is CCCCCCCCCCCCCCCCCC(=O)NCCOCCOCC(=O)NCCOCCOC[C]=O. The number of amides is 2. The minimum absolute atomic E-state index is 0.0440. The van der Waals surface area contributed by atoms with Crippen molar-refractivity contribution in [2.75, 3.05) is 65.9 Å². The molecule has 9 nitrogen and oxygen atoms in total. The van der Waals surface area contributed by atoms with Crippen LogP contribution in [0, 0.1) is 0 Å². The van der Waals surface area contributed by atoms with Crippen molar-refractivity contribution in [3.8, 4) is 0 Å². The highest BCUT2D eigenvalue weighted by molar-refractivity contribution is 5.77. The maximum absolute atomic E-state index is 11.9. The van der Waals surface area contributed by atoms with Crippen LogP contribution in [0.15, 0.2) is 0 Å². The number of ether oxygens (including phenoxy) is 4. The number of carbonyl (C=O) groups excluding carboxylic acids is 3. The molecule has 0 aromatic carbocycles. The van der Waals surface area contributed by atoms with Gasteiger partial charge in [0.05, 0.1) is 39.6 Å². The van der Waals surface area contributed by atoms with Crippen LogP contribution in [0.25, 0.3) is 0 Å². The minimum atomic E-state index is -0.225. The van der Waals surface area contributed by atoms with Gasteiger partial charge < -0.3 is 29.6 Å². The van der Waals surface area contributed by atoms with Gasteiger partial charge in [-0.05, 0) is 6.42 Å². The lowest BCUT2D eigenvalue weighted by Gasteiger charge is -2.08. The molecular weight excluding hydrogens is 500 g/mol. The Morgan fingerprint density at radius 3 is 1.49 bits per heavy atom. The lowest BCUT2D eigenvalue weighted by Crippen LogP contribution is -2.31. The van der Waals surface area contributed by atoms with E-state index < -0.39 is 0 Å². The minimum Gasteiger partial charge on any atom is -0.377 e. The van der Waals surface area contributed by atoms with E-state index in [2.05, 4.69) is 17.6 Å². The molecule has 0 rings (SSSR count). The summed E-state index contributed by atoms with van der Waals surface area (Å²) in [6.45, 7) is 5.14. The van der Waals surface area contributed by atoms with Gasteiger partial charge in [-0.1, -0.05) is 96.8 Å². The smallest absolute Gasteiger partial charge is 0.246 e. The fourth-order valence-corrected chi connectivity index (χ4v) is 4.04. The number of unbranched alkanes of at least 4 members (excludes halogenated alkanes) is 14. The van der Waals surface area contributed by atoms with Crippen LogP contribution in [0.2, 0.25) is 0 Å². The van der Waals surface area contributed by atoms with Gasteiger partial charge in [-0.3, -0.25) is 14.4 Å². The van der Waals surface area contributed by atoms with E-state index >= 15 is 0 Å². The summed E-state index contributed by atoms with van der Waals surface area (Å²) in [5, 5.41) is 5.56. The lowest BCUT2D eigenvalue weighted by atomic mass is 10.0. The van der Waals surface area contributed by atoms with Gasteiger partial charge in [-0.15, -0.1) is 0 Å². The Morgan fingerprint density at radius 1 is 0.538 bits per heavy atom. The van der Waals surface area contributed by atoms with Crippen LogP contribution >= 0.6 is 0 Å². The van der Waals surface area contributed by atoms with Gasteiger partial charge in [-0.25, -0.2) is 0 Å². The topological polar surface area (TPSA) is 112 Å². The molecule has 0 fully saturated rings. The standard InChI is InChI=1S/C30H57N2O7/c1-2-3-4-5-6-7-8-9-10-11-12-13-14-15-16-17-29(34)31-18-21-37-26-27-39-28-30(35)32-19-22-36-24-25-38-23-20-33/h2-19,21-28H2,1H3,(H,31,34)(H,32,35). The van der Waals surface area contributed by atoms with Crippen molar-refractivity contribution in [2.24, 2.45) is 0 Å². The van der Waals surface area contributed by atoms with Crippen LogP contribution in [-0.2, 0) is 33.3 Å². The van der Waals surface area contributed by atoms with Crippen LogP contribution in [0.1, 0.15) is 110 Å². The monoisotopic (exact) mass is 557 g/mol. The number of rotatable bonds is 32. The highest BCUT2D eigenvalue weighted by Crippen LogP contribution is 2.13. The van der Waals surface area contributed by atoms with E-state index in [4.69, 9.17) is 18.9 Å². The molecule has 0 atom stereocenters. The van der Waals surface area contributed by atoms with E-state index in [1.807, 2.05) is 0 Å². The Kier molecular flexibility index (Phi) is 31.4. The molecule has 0 aliphatic rings. The first-order valence-corrected chi connectivity index (χ1v) is 15.4. The van der Waals surface area contributed by atoms with E-state index in [0.29, 0.717) is 59.2 Å². The van der Waals surface area contributed by atoms with Crippen molar-refractivity contribution < 1.29 is 33.3 Å². The van der Waals surface area contributed by atoms with Gasteiger partial charge in [0.25, 0.3) is 0 Å². The summed E-state index contributed by atoms with van der Waals surface area (Å²) in [6.07, 6.45) is 22.0. The average molecular weight is 558 g/mol. The molecule has 0 spiro atoms. The number of carbonyl (C=O) groups is 2. The number of nitrogens with one attached hydrogen (secondary N) is 2. The van der Waals surface area contributed by atoms with Crippen molar-refractivity contribution in [2.45, 2.75) is 110 Å². The zero-order chi connectivity index (χ0) is 28.5. The molecule has 0 saturated heterocycles. The highest BCUT2D eigenvalue weighted by atomic mass is 16.5. The summed E-state index contributed by atoms with van der Waals surface area (Å²) >= 11 is 0. The highest BCUT2D eigenvalue weighted by Gasteiger charge is 2.02. The molecule has 2 amide bonds. The van der Waals surface area contributed by atoms with Crippen LogP contribution in [0.4, 0.5) is 0 Å². The van der Waals surface area contributed by atoms with E-state index in [9.17, 15) is 14.4 Å². The van der Waals surface area contributed by atoms with Gasteiger partial charge in [0.2, 0.25) is 18.1 Å². The largest absolute Gasteiger partial charge is 0.377 e. The molecular formula is C30H57N2O7. The second-order valence-corrected chi connectivity index (χ2v) is 9.87. The van der Waals surface area contributed by atoms with E-state index in [0.717, 1.165) is 12.8 Å². The maximum Gasteiger partial charge on any atom is 0.246 e. The Hall–Kier alpha value is -1.55. The van der Waals surface area contributed by atoms with Crippen molar-refractivity contribution in [1.82, 2.24) is 10.6 Å². The molecule has 9 heteroatoms.